The molecule has 1 fully saturated rings. The highest BCUT2D eigenvalue weighted by Crippen LogP contribution is 2.30. The third kappa shape index (κ3) is 4.67. The number of carbonyl (C=O) groups excluding carboxylic acids is 2. The van der Waals surface area contributed by atoms with Crippen molar-refractivity contribution >= 4 is 12.1 Å². The minimum atomic E-state index is -1.09. The maximum Gasteiger partial charge on any atom is 0.408 e. The van der Waals surface area contributed by atoms with Gasteiger partial charge in [-0.3, -0.25) is 0 Å². The van der Waals surface area contributed by atoms with E-state index in [1.807, 2.05) is 0 Å². The number of aliphatic hydroxyl groups excluding tert-OH is 1. The summed E-state index contributed by atoms with van der Waals surface area (Å²) in [5.74, 6) is -0.460. The van der Waals surface area contributed by atoms with Gasteiger partial charge in [0.15, 0.2) is 0 Å². The van der Waals surface area contributed by atoms with Gasteiger partial charge >= 0.3 is 12.1 Å². The van der Waals surface area contributed by atoms with Crippen molar-refractivity contribution in [3.63, 3.8) is 0 Å². The highest BCUT2D eigenvalue weighted by atomic mass is 16.6. The van der Waals surface area contributed by atoms with Crippen molar-refractivity contribution in [3.05, 3.63) is 0 Å². The van der Waals surface area contributed by atoms with Crippen LogP contribution in [-0.2, 0) is 14.3 Å². The first-order valence-corrected chi connectivity index (χ1v) is 7.05. The monoisotopic (exact) mass is 287 g/mol. The number of alkyl carbamates (subject to hydrolysis) is 1. The smallest absolute Gasteiger partial charge is 0.408 e. The largest absolute Gasteiger partial charge is 0.464 e. The molecule has 1 aliphatic carbocycles. The van der Waals surface area contributed by atoms with Crippen LogP contribution in [0.1, 0.15) is 53.4 Å². The Hall–Kier alpha value is -1.30. The first-order chi connectivity index (χ1) is 9.18. The molecule has 0 aromatic heterocycles. The molecule has 0 aromatic rings. The summed E-state index contributed by atoms with van der Waals surface area (Å²) in [4.78, 5) is 24.1. The van der Waals surface area contributed by atoms with Gasteiger partial charge in [-0.05, 0) is 53.4 Å². The quantitative estimate of drug-likeness (QED) is 0.772. The van der Waals surface area contributed by atoms with Crippen molar-refractivity contribution in [2.45, 2.75) is 70.6 Å². The molecule has 1 aliphatic rings. The summed E-state index contributed by atoms with van der Waals surface area (Å²) in [5.41, 5.74) is -1.72. The number of aliphatic hydroxyl groups is 1. The van der Waals surface area contributed by atoms with Gasteiger partial charge in [-0.2, -0.15) is 0 Å². The first-order valence-electron chi connectivity index (χ1n) is 7.05. The van der Waals surface area contributed by atoms with Crippen LogP contribution >= 0.6 is 0 Å². The Bertz CT molecular complexity index is 353. The van der Waals surface area contributed by atoms with Crippen molar-refractivity contribution in [2.75, 3.05) is 6.61 Å². The number of carbonyl (C=O) groups is 2. The second-order valence-electron chi connectivity index (χ2n) is 6.16. The molecule has 0 aromatic carbocycles. The van der Waals surface area contributed by atoms with E-state index in [0.29, 0.717) is 25.7 Å². The van der Waals surface area contributed by atoms with Crippen LogP contribution in [0.5, 0.6) is 0 Å². The average molecular weight is 287 g/mol. The fourth-order valence-corrected chi connectivity index (χ4v) is 2.24. The van der Waals surface area contributed by atoms with Gasteiger partial charge in [-0.25, -0.2) is 9.59 Å². The van der Waals surface area contributed by atoms with Crippen molar-refractivity contribution in [1.82, 2.24) is 5.32 Å². The van der Waals surface area contributed by atoms with Gasteiger partial charge in [0.1, 0.15) is 11.1 Å². The highest BCUT2D eigenvalue weighted by Gasteiger charge is 2.45. The molecule has 0 saturated heterocycles. The molecule has 116 valence electrons. The molecule has 0 atom stereocenters. The zero-order valence-corrected chi connectivity index (χ0v) is 12.7. The predicted octanol–water partition coefficient (Wildman–Crippen LogP) is 1.75. The van der Waals surface area contributed by atoms with Gasteiger partial charge in [0.2, 0.25) is 0 Å². The molecule has 6 nitrogen and oxygen atoms in total. The lowest BCUT2D eigenvalue weighted by Gasteiger charge is -2.37. The maximum atomic E-state index is 12.2. The number of esters is 1. The third-order valence-corrected chi connectivity index (χ3v) is 3.22. The van der Waals surface area contributed by atoms with Crippen LogP contribution in [0.4, 0.5) is 4.79 Å². The molecule has 0 heterocycles. The normalized spacial score (nSPS) is 26.8. The Morgan fingerprint density at radius 1 is 1.30 bits per heavy atom. The van der Waals surface area contributed by atoms with Gasteiger partial charge in [-0.15, -0.1) is 0 Å². The Kier molecular flexibility index (Phi) is 5.39. The topological polar surface area (TPSA) is 84.9 Å². The lowest BCUT2D eigenvalue weighted by atomic mass is 9.80. The van der Waals surface area contributed by atoms with Gasteiger partial charge < -0.3 is 19.9 Å². The van der Waals surface area contributed by atoms with Crippen LogP contribution in [0.2, 0.25) is 0 Å². The number of ether oxygens (including phenoxy) is 2. The van der Waals surface area contributed by atoms with Crippen molar-refractivity contribution < 1.29 is 24.2 Å². The molecule has 1 amide bonds. The zero-order valence-electron chi connectivity index (χ0n) is 12.7. The molecule has 0 bridgehead atoms. The van der Waals surface area contributed by atoms with Crippen LogP contribution in [-0.4, -0.2) is 41.0 Å². The van der Waals surface area contributed by atoms with E-state index in [4.69, 9.17) is 9.47 Å². The first kappa shape index (κ1) is 16.8. The van der Waals surface area contributed by atoms with E-state index in [1.54, 1.807) is 27.7 Å². The minimum absolute atomic E-state index is 0.249. The molecular weight excluding hydrogens is 262 g/mol. The van der Waals surface area contributed by atoms with E-state index in [-0.39, 0.29) is 6.61 Å². The number of amides is 1. The summed E-state index contributed by atoms with van der Waals surface area (Å²) >= 11 is 0. The summed E-state index contributed by atoms with van der Waals surface area (Å²) in [5, 5.41) is 12.2. The van der Waals surface area contributed by atoms with E-state index < -0.39 is 29.3 Å². The van der Waals surface area contributed by atoms with Crippen LogP contribution in [0.15, 0.2) is 0 Å². The average Bonchev–Trinajstić information content (AvgIpc) is 2.30. The molecule has 0 unspecified atom stereocenters. The lowest BCUT2D eigenvalue weighted by Crippen LogP contribution is -2.58. The van der Waals surface area contributed by atoms with Crippen LogP contribution in [0.3, 0.4) is 0 Å². The summed E-state index contributed by atoms with van der Waals surface area (Å²) in [6.45, 7) is 7.24. The standard InChI is InChI=1S/C14H25NO5/c1-5-19-11(17)14(8-6-10(16)7-9-14)15-12(18)20-13(2,3)4/h10,16H,5-9H2,1-4H3,(H,15,18). The number of hydrogen-bond donors (Lipinski definition) is 2. The fraction of sp³-hybridized carbons (Fsp3) is 0.857. The number of rotatable bonds is 3. The van der Waals surface area contributed by atoms with E-state index in [2.05, 4.69) is 5.32 Å². The van der Waals surface area contributed by atoms with Crippen LogP contribution in [0.25, 0.3) is 0 Å². The molecule has 1 saturated carbocycles. The predicted molar refractivity (Wildman–Crippen MR) is 73.2 cm³/mol. The molecule has 1 rings (SSSR count). The van der Waals surface area contributed by atoms with Crippen LogP contribution in [0, 0.1) is 0 Å². The highest BCUT2D eigenvalue weighted by molar-refractivity contribution is 5.86. The Morgan fingerprint density at radius 2 is 1.85 bits per heavy atom. The lowest BCUT2D eigenvalue weighted by molar-refractivity contribution is -0.153. The number of hydrogen-bond acceptors (Lipinski definition) is 5. The van der Waals surface area contributed by atoms with E-state index in [1.165, 1.54) is 0 Å². The van der Waals surface area contributed by atoms with Crippen LogP contribution < -0.4 is 5.32 Å². The Labute approximate surface area is 119 Å². The van der Waals surface area contributed by atoms with Gasteiger partial charge in [0.05, 0.1) is 12.7 Å². The second-order valence-corrected chi connectivity index (χ2v) is 6.16. The minimum Gasteiger partial charge on any atom is -0.464 e. The fourth-order valence-electron chi connectivity index (χ4n) is 2.24. The third-order valence-electron chi connectivity index (χ3n) is 3.22. The molecule has 0 spiro atoms. The van der Waals surface area contributed by atoms with Gasteiger partial charge in [0, 0.05) is 0 Å². The summed E-state index contributed by atoms with van der Waals surface area (Å²) in [6.07, 6.45) is 0.543. The van der Waals surface area contributed by atoms with Crippen molar-refractivity contribution in [1.29, 1.82) is 0 Å². The van der Waals surface area contributed by atoms with Gasteiger partial charge in [-0.1, -0.05) is 0 Å². The van der Waals surface area contributed by atoms with Crippen molar-refractivity contribution in [2.24, 2.45) is 0 Å². The molecule has 0 radical (unpaired) electrons. The summed E-state index contributed by atoms with van der Waals surface area (Å²) in [7, 11) is 0. The number of nitrogens with one attached hydrogen (secondary N) is 1. The Balaban J connectivity index is 2.78. The van der Waals surface area contributed by atoms with Gasteiger partial charge in [0.25, 0.3) is 0 Å². The molecular formula is C14H25NO5. The summed E-state index contributed by atoms with van der Waals surface area (Å²) in [6, 6.07) is 0. The van der Waals surface area contributed by atoms with Crippen molar-refractivity contribution in [3.8, 4) is 0 Å². The van der Waals surface area contributed by atoms with E-state index in [9.17, 15) is 14.7 Å². The zero-order chi connectivity index (χ0) is 15.4. The molecule has 2 N–H and O–H groups in total. The maximum absolute atomic E-state index is 12.2. The summed E-state index contributed by atoms with van der Waals surface area (Å²) < 4.78 is 10.3. The SMILES string of the molecule is CCOC(=O)C1(NC(=O)OC(C)(C)C)CCC(O)CC1. The Morgan fingerprint density at radius 3 is 2.30 bits per heavy atom. The van der Waals surface area contributed by atoms with E-state index >= 15 is 0 Å². The molecule has 6 heteroatoms. The molecule has 0 aliphatic heterocycles. The second kappa shape index (κ2) is 6.43. The molecule has 20 heavy (non-hydrogen) atoms. The van der Waals surface area contributed by atoms with E-state index in [0.717, 1.165) is 0 Å².